The molecule has 3 rings (SSSR count). The monoisotopic (exact) mass is 371 g/mol. The molecule has 0 bridgehead atoms. The van der Waals surface area contributed by atoms with E-state index in [9.17, 15) is 0 Å². The number of aromatic nitrogens is 3. The fourth-order valence-corrected chi connectivity index (χ4v) is 2.52. The summed E-state index contributed by atoms with van der Waals surface area (Å²) in [4.78, 5) is 4.42. The van der Waals surface area contributed by atoms with Gasteiger partial charge in [0.25, 0.3) is 0 Å². The van der Waals surface area contributed by atoms with E-state index >= 15 is 0 Å². The molecule has 8 heteroatoms. The summed E-state index contributed by atoms with van der Waals surface area (Å²) in [5, 5.41) is 14.9. The van der Waals surface area contributed by atoms with Crippen LogP contribution in [0.5, 0.6) is 11.5 Å². The summed E-state index contributed by atoms with van der Waals surface area (Å²) in [7, 11) is 3.18. The maximum Gasteiger partial charge on any atom is 0.249 e. The molecule has 1 heterocycles. The Balaban J connectivity index is 1.80. The number of anilines is 4. The second-order valence-electron chi connectivity index (χ2n) is 5.40. The highest BCUT2D eigenvalue weighted by atomic mass is 35.5. The smallest absolute Gasteiger partial charge is 0.249 e. The molecule has 2 aromatic carbocycles. The summed E-state index contributed by atoms with van der Waals surface area (Å²) in [6.07, 6.45) is 1.53. The van der Waals surface area contributed by atoms with E-state index in [0.717, 1.165) is 16.9 Å². The Bertz CT molecular complexity index is 920. The molecular formula is C18H18ClN5O2. The van der Waals surface area contributed by atoms with Crippen LogP contribution < -0.4 is 20.1 Å². The van der Waals surface area contributed by atoms with Crippen molar-refractivity contribution in [3.8, 4) is 11.5 Å². The number of ether oxygens (including phenoxy) is 2. The Labute approximate surface area is 156 Å². The Morgan fingerprint density at radius 1 is 1.00 bits per heavy atom. The summed E-state index contributed by atoms with van der Waals surface area (Å²) in [6, 6.07) is 11.1. The summed E-state index contributed by atoms with van der Waals surface area (Å²) in [6.45, 7) is 1.92. The first-order valence-electron chi connectivity index (χ1n) is 7.81. The Morgan fingerprint density at radius 2 is 1.81 bits per heavy atom. The Kier molecular flexibility index (Phi) is 5.38. The van der Waals surface area contributed by atoms with Crippen molar-refractivity contribution < 1.29 is 9.47 Å². The van der Waals surface area contributed by atoms with Crippen molar-refractivity contribution in [2.24, 2.45) is 0 Å². The molecule has 0 unspecified atom stereocenters. The predicted molar refractivity (Wildman–Crippen MR) is 102 cm³/mol. The van der Waals surface area contributed by atoms with Gasteiger partial charge in [-0.25, -0.2) is 0 Å². The molecule has 7 nitrogen and oxygen atoms in total. The molecule has 0 saturated heterocycles. The normalized spacial score (nSPS) is 10.3. The minimum atomic E-state index is 0.362. The third kappa shape index (κ3) is 3.94. The number of nitrogens with zero attached hydrogens (tertiary/aromatic N) is 3. The first-order valence-corrected chi connectivity index (χ1v) is 8.19. The van der Waals surface area contributed by atoms with Gasteiger partial charge in [0.15, 0.2) is 17.3 Å². The highest BCUT2D eigenvalue weighted by Gasteiger charge is 2.08. The van der Waals surface area contributed by atoms with Crippen LogP contribution in [0.15, 0.2) is 42.6 Å². The van der Waals surface area contributed by atoms with Gasteiger partial charge in [-0.2, -0.15) is 10.1 Å². The minimum absolute atomic E-state index is 0.362. The number of benzene rings is 2. The summed E-state index contributed by atoms with van der Waals surface area (Å²) < 4.78 is 10.5. The lowest BCUT2D eigenvalue weighted by Gasteiger charge is -2.12. The lowest BCUT2D eigenvalue weighted by Crippen LogP contribution is -2.03. The molecule has 1 aromatic heterocycles. The molecule has 26 heavy (non-hydrogen) atoms. The second kappa shape index (κ2) is 7.88. The van der Waals surface area contributed by atoms with Crippen molar-refractivity contribution in [1.82, 2.24) is 15.2 Å². The molecule has 0 amide bonds. The largest absolute Gasteiger partial charge is 0.493 e. The van der Waals surface area contributed by atoms with E-state index in [-0.39, 0.29) is 0 Å². The zero-order valence-electron chi connectivity index (χ0n) is 14.6. The molecule has 0 fully saturated rings. The first kappa shape index (κ1) is 17.8. The summed E-state index contributed by atoms with van der Waals surface area (Å²) in [5.41, 5.74) is 2.52. The third-order valence-corrected chi connectivity index (χ3v) is 4.14. The fraction of sp³-hybridized carbons (Fsp3) is 0.167. The van der Waals surface area contributed by atoms with Gasteiger partial charge in [0.2, 0.25) is 5.95 Å². The van der Waals surface area contributed by atoms with Gasteiger partial charge in [0, 0.05) is 22.5 Å². The van der Waals surface area contributed by atoms with E-state index in [0.29, 0.717) is 28.3 Å². The molecule has 3 aromatic rings. The van der Waals surface area contributed by atoms with Crippen molar-refractivity contribution >= 4 is 34.7 Å². The highest BCUT2D eigenvalue weighted by molar-refractivity contribution is 6.31. The Hall–Kier alpha value is -3.06. The zero-order valence-corrected chi connectivity index (χ0v) is 15.3. The molecule has 0 atom stereocenters. The number of rotatable bonds is 6. The van der Waals surface area contributed by atoms with Crippen LogP contribution in [-0.2, 0) is 0 Å². The Morgan fingerprint density at radius 3 is 2.58 bits per heavy atom. The molecule has 134 valence electrons. The van der Waals surface area contributed by atoms with Gasteiger partial charge in [0.1, 0.15) is 0 Å². The SMILES string of the molecule is COc1ccc(Nc2cnnc(Nc3cccc(Cl)c3C)n2)cc1OC. The number of halogens is 1. The van der Waals surface area contributed by atoms with Crippen LogP contribution in [0, 0.1) is 6.92 Å². The van der Waals surface area contributed by atoms with Crippen LogP contribution in [0.4, 0.5) is 23.1 Å². The van der Waals surface area contributed by atoms with Crippen molar-refractivity contribution in [2.45, 2.75) is 6.92 Å². The average molecular weight is 372 g/mol. The average Bonchev–Trinajstić information content (AvgIpc) is 2.65. The molecule has 0 aliphatic heterocycles. The van der Waals surface area contributed by atoms with E-state index < -0.39 is 0 Å². The zero-order chi connectivity index (χ0) is 18.5. The summed E-state index contributed by atoms with van der Waals surface area (Å²) >= 11 is 6.14. The van der Waals surface area contributed by atoms with Crippen LogP contribution in [0.1, 0.15) is 5.56 Å². The topological polar surface area (TPSA) is 81.2 Å². The highest BCUT2D eigenvalue weighted by Crippen LogP contribution is 2.31. The van der Waals surface area contributed by atoms with Crippen LogP contribution >= 0.6 is 11.6 Å². The molecule has 0 aliphatic rings. The second-order valence-corrected chi connectivity index (χ2v) is 5.80. The summed E-state index contributed by atoms with van der Waals surface area (Å²) in [5.74, 6) is 2.17. The molecule has 0 radical (unpaired) electrons. The lowest BCUT2D eigenvalue weighted by molar-refractivity contribution is 0.355. The predicted octanol–water partition coefficient (Wildman–Crippen LogP) is 4.34. The lowest BCUT2D eigenvalue weighted by atomic mass is 10.2. The molecular weight excluding hydrogens is 354 g/mol. The molecule has 0 aliphatic carbocycles. The van der Waals surface area contributed by atoms with E-state index in [2.05, 4.69) is 25.8 Å². The number of nitrogens with one attached hydrogen (secondary N) is 2. The van der Waals surface area contributed by atoms with Crippen LogP contribution in [0.25, 0.3) is 0 Å². The van der Waals surface area contributed by atoms with Crippen LogP contribution in [0.3, 0.4) is 0 Å². The van der Waals surface area contributed by atoms with E-state index in [4.69, 9.17) is 21.1 Å². The maximum absolute atomic E-state index is 6.14. The van der Waals surface area contributed by atoms with Crippen molar-refractivity contribution in [3.05, 3.63) is 53.2 Å². The first-order chi connectivity index (χ1) is 12.6. The number of methoxy groups -OCH3 is 2. The van der Waals surface area contributed by atoms with Gasteiger partial charge in [-0.1, -0.05) is 17.7 Å². The van der Waals surface area contributed by atoms with Gasteiger partial charge in [-0.3, -0.25) is 0 Å². The van der Waals surface area contributed by atoms with Gasteiger partial charge in [0.05, 0.1) is 20.4 Å². The van der Waals surface area contributed by atoms with Gasteiger partial charge >= 0.3 is 0 Å². The molecule has 0 spiro atoms. The maximum atomic E-state index is 6.14. The van der Waals surface area contributed by atoms with Crippen LogP contribution in [0.2, 0.25) is 5.02 Å². The van der Waals surface area contributed by atoms with Crippen molar-refractivity contribution in [2.75, 3.05) is 24.9 Å². The minimum Gasteiger partial charge on any atom is -0.493 e. The standard InChI is InChI=1S/C18H18ClN5O2/c1-11-13(19)5-4-6-14(11)22-18-23-17(10-20-24-18)21-12-7-8-15(25-2)16(9-12)26-3/h4-10H,1-3H3,(H2,21,22,23,24). The number of hydrogen-bond acceptors (Lipinski definition) is 7. The van der Waals surface area contributed by atoms with Crippen molar-refractivity contribution in [3.63, 3.8) is 0 Å². The van der Waals surface area contributed by atoms with E-state index in [1.54, 1.807) is 14.2 Å². The quantitative estimate of drug-likeness (QED) is 0.667. The van der Waals surface area contributed by atoms with Crippen molar-refractivity contribution in [1.29, 1.82) is 0 Å². The molecule has 0 saturated carbocycles. The molecule has 2 N–H and O–H groups in total. The van der Waals surface area contributed by atoms with Gasteiger partial charge in [-0.15, -0.1) is 5.10 Å². The van der Waals surface area contributed by atoms with Crippen LogP contribution in [-0.4, -0.2) is 29.4 Å². The number of hydrogen-bond donors (Lipinski definition) is 2. The van der Waals surface area contributed by atoms with E-state index in [1.165, 1.54) is 6.20 Å². The fourth-order valence-electron chi connectivity index (χ4n) is 2.34. The van der Waals surface area contributed by atoms with Gasteiger partial charge < -0.3 is 20.1 Å². The van der Waals surface area contributed by atoms with Gasteiger partial charge in [-0.05, 0) is 36.8 Å². The third-order valence-electron chi connectivity index (χ3n) is 3.73. The van der Waals surface area contributed by atoms with E-state index in [1.807, 2.05) is 43.3 Å².